The van der Waals surface area contributed by atoms with Crippen molar-refractivity contribution in [1.82, 2.24) is 4.89 Å². The molecule has 0 bridgehead atoms. The summed E-state index contributed by atoms with van der Waals surface area (Å²) in [7, 11) is -4.68. The van der Waals surface area contributed by atoms with Gasteiger partial charge in [0, 0.05) is 3.57 Å². The van der Waals surface area contributed by atoms with E-state index in [4.69, 9.17) is 16.8 Å². The van der Waals surface area contributed by atoms with Crippen molar-refractivity contribution in [2.75, 3.05) is 5.32 Å². The number of nitrogens with one attached hydrogen (secondary N) is 2. The highest BCUT2D eigenvalue weighted by atomic mass is 127. The van der Waals surface area contributed by atoms with Crippen molar-refractivity contribution in [2.45, 2.75) is 4.90 Å². The summed E-state index contributed by atoms with van der Waals surface area (Å²) in [6.45, 7) is 0. The standard InChI is InChI=1S/C12H7ClF3IN2O3S/c13-6-3-5(17)1-2-8(6)18-12-9(23(21,22)19-20)4-7(14)10(15)11(12)16/h1-4,18-20H. The quantitative estimate of drug-likeness (QED) is 0.355. The van der Waals surface area contributed by atoms with Gasteiger partial charge in [-0.05, 0) is 46.9 Å². The van der Waals surface area contributed by atoms with Crippen molar-refractivity contribution in [3.05, 3.63) is 50.3 Å². The van der Waals surface area contributed by atoms with E-state index in [0.717, 1.165) is 8.46 Å². The number of hydrogen-bond donors (Lipinski definition) is 3. The Kier molecular flexibility index (Phi) is 5.41. The molecule has 11 heteroatoms. The van der Waals surface area contributed by atoms with E-state index in [0.29, 0.717) is 0 Å². The van der Waals surface area contributed by atoms with Crippen LogP contribution in [0.4, 0.5) is 24.5 Å². The second-order valence-electron chi connectivity index (χ2n) is 4.20. The second-order valence-corrected chi connectivity index (χ2v) is 7.49. The Morgan fingerprint density at radius 3 is 2.35 bits per heavy atom. The molecule has 2 rings (SSSR count). The van der Waals surface area contributed by atoms with Crippen LogP contribution in [0.5, 0.6) is 0 Å². The van der Waals surface area contributed by atoms with E-state index >= 15 is 0 Å². The Morgan fingerprint density at radius 2 is 1.78 bits per heavy atom. The summed E-state index contributed by atoms with van der Waals surface area (Å²) < 4.78 is 64.8. The number of hydrogen-bond acceptors (Lipinski definition) is 4. The molecule has 0 aliphatic heterocycles. The van der Waals surface area contributed by atoms with Gasteiger partial charge in [0.2, 0.25) is 0 Å². The maximum atomic E-state index is 14.0. The van der Waals surface area contributed by atoms with Gasteiger partial charge in [-0.3, -0.25) is 0 Å². The van der Waals surface area contributed by atoms with Crippen molar-refractivity contribution in [1.29, 1.82) is 0 Å². The lowest BCUT2D eigenvalue weighted by molar-refractivity contribution is 0.242. The normalized spacial score (nSPS) is 11.6. The Morgan fingerprint density at radius 1 is 1.13 bits per heavy atom. The highest BCUT2D eigenvalue weighted by molar-refractivity contribution is 14.1. The average Bonchev–Trinajstić information content (AvgIpc) is 2.49. The molecular weight excluding hydrogens is 472 g/mol. The predicted octanol–water partition coefficient (Wildman–Crippen LogP) is 3.77. The minimum Gasteiger partial charge on any atom is -0.351 e. The molecule has 0 saturated heterocycles. The molecule has 0 unspecified atom stereocenters. The molecule has 5 nitrogen and oxygen atoms in total. The van der Waals surface area contributed by atoms with Gasteiger partial charge in [-0.2, -0.15) is 0 Å². The lowest BCUT2D eigenvalue weighted by Crippen LogP contribution is -2.21. The SMILES string of the molecule is O=S(=O)(NO)c1cc(F)c(F)c(F)c1Nc1ccc(I)cc1Cl. The number of rotatable bonds is 4. The van der Waals surface area contributed by atoms with Crippen LogP contribution in [0.1, 0.15) is 0 Å². The van der Waals surface area contributed by atoms with Crippen LogP contribution in [-0.4, -0.2) is 13.6 Å². The molecule has 0 fully saturated rings. The zero-order valence-electron chi connectivity index (χ0n) is 10.9. The fourth-order valence-electron chi connectivity index (χ4n) is 1.68. The number of benzene rings is 2. The average molecular weight is 479 g/mol. The van der Waals surface area contributed by atoms with Crippen LogP contribution in [0.15, 0.2) is 29.2 Å². The molecular formula is C12H7ClF3IN2O3S. The summed E-state index contributed by atoms with van der Waals surface area (Å²) in [4.78, 5) is -0.0985. The first-order valence-corrected chi connectivity index (χ1v) is 8.67. The third kappa shape index (κ3) is 3.71. The molecule has 23 heavy (non-hydrogen) atoms. The minimum absolute atomic E-state index is 0.0615. The zero-order chi connectivity index (χ0) is 17.4. The molecule has 0 aliphatic carbocycles. The fourth-order valence-corrected chi connectivity index (χ4v) is 3.35. The van der Waals surface area contributed by atoms with Crippen LogP contribution in [0.25, 0.3) is 0 Å². The fraction of sp³-hybridized carbons (Fsp3) is 0. The van der Waals surface area contributed by atoms with E-state index < -0.39 is 38.1 Å². The van der Waals surface area contributed by atoms with Crippen LogP contribution >= 0.6 is 34.2 Å². The molecule has 0 aromatic heterocycles. The van der Waals surface area contributed by atoms with Gasteiger partial charge >= 0.3 is 0 Å². The van der Waals surface area contributed by atoms with Crippen LogP contribution < -0.4 is 10.2 Å². The summed E-state index contributed by atoms with van der Waals surface area (Å²) in [5.74, 6) is -5.37. The maximum Gasteiger partial charge on any atom is 0.264 e. The highest BCUT2D eigenvalue weighted by Crippen LogP contribution is 2.34. The molecule has 2 aromatic rings. The Labute approximate surface area is 147 Å². The van der Waals surface area contributed by atoms with Gasteiger partial charge in [0.05, 0.1) is 16.4 Å². The summed E-state index contributed by atoms with van der Waals surface area (Å²) in [6, 6.07) is 4.69. The van der Waals surface area contributed by atoms with Gasteiger partial charge in [0.15, 0.2) is 17.5 Å². The molecule has 124 valence electrons. The molecule has 0 amide bonds. The summed E-state index contributed by atoms with van der Waals surface area (Å²) in [5.41, 5.74) is -0.833. The van der Waals surface area contributed by atoms with E-state index in [1.165, 1.54) is 12.1 Å². The van der Waals surface area contributed by atoms with Gasteiger partial charge in [-0.15, -0.1) is 0 Å². The zero-order valence-corrected chi connectivity index (χ0v) is 14.6. The third-order valence-corrected chi connectivity index (χ3v) is 4.85. The van der Waals surface area contributed by atoms with Gasteiger partial charge in [-0.25, -0.2) is 21.6 Å². The molecule has 0 radical (unpaired) electrons. The van der Waals surface area contributed by atoms with Crippen molar-refractivity contribution in [2.24, 2.45) is 0 Å². The topological polar surface area (TPSA) is 78.4 Å². The predicted molar refractivity (Wildman–Crippen MR) is 85.9 cm³/mol. The molecule has 0 heterocycles. The van der Waals surface area contributed by atoms with Crippen LogP contribution in [0.3, 0.4) is 0 Å². The van der Waals surface area contributed by atoms with Crippen LogP contribution in [0.2, 0.25) is 5.02 Å². The van der Waals surface area contributed by atoms with Crippen molar-refractivity contribution >= 4 is 55.6 Å². The van der Waals surface area contributed by atoms with Gasteiger partial charge in [0.25, 0.3) is 10.0 Å². The smallest absolute Gasteiger partial charge is 0.264 e. The number of anilines is 2. The molecule has 0 aliphatic rings. The van der Waals surface area contributed by atoms with Crippen LogP contribution in [0, 0.1) is 21.0 Å². The van der Waals surface area contributed by atoms with E-state index in [2.05, 4.69) is 5.32 Å². The van der Waals surface area contributed by atoms with Crippen LogP contribution in [-0.2, 0) is 10.0 Å². The van der Waals surface area contributed by atoms with Crippen molar-refractivity contribution in [3.63, 3.8) is 0 Å². The van der Waals surface area contributed by atoms with Crippen molar-refractivity contribution < 1.29 is 26.8 Å². The lowest BCUT2D eigenvalue weighted by atomic mass is 10.2. The Balaban J connectivity index is 2.67. The maximum absolute atomic E-state index is 14.0. The van der Waals surface area contributed by atoms with E-state index in [9.17, 15) is 21.6 Å². The van der Waals surface area contributed by atoms with Gasteiger partial charge < -0.3 is 10.5 Å². The summed E-state index contributed by atoms with van der Waals surface area (Å²) in [6.07, 6.45) is 0. The third-order valence-electron chi connectivity index (χ3n) is 2.73. The first-order valence-electron chi connectivity index (χ1n) is 5.73. The molecule has 0 atom stereocenters. The summed E-state index contributed by atoms with van der Waals surface area (Å²) in [5, 5.41) is 11.0. The Hall–Kier alpha value is -1.08. The van der Waals surface area contributed by atoms with E-state index in [-0.39, 0.29) is 16.8 Å². The first-order chi connectivity index (χ1) is 10.7. The van der Waals surface area contributed by atoms with Crippen molar-refractivity contribution in [3.8, 4) is 0 Å². The van der Waals surface area contributed by atoms with E-state index in [1.54, 1.807) is 6.07 Å². The van der Waals surface area contributed by atoms with E-state index in [1.807, 2.05) is 22.6 Å². The highest BCUT2D eigenvalue weighted by Gasteiger charge is 2.27. The number of sulfonamides is 1. The summed E-state index contributed by atoms with van der Waals surface area (Å²) >= 11 is 7.89. The molecule has 0 spiro atoms. The molecule has 3 N–H and O–H groups in total. The molecule has 0 saturated carbocycles. The second kappa shape index (κ2) is 6.81. The largest absolute Gasteiger partial charge is 0.351 e. The van der Waals surface area contributed by atoms with Gasteiger partial charge in [-0.1, -0.05) is 16.5 Å². The number of halogens is 5. The molecule has 2 aromatic carbocycles. The lowest BCUT2D eigenvalue weighted by Gasteiger charge is -2.15. The monoisotopic (exact) mass is 478 g/mol. The first kappa shape index (κ1) is 18.3. The van der Waals surface area contributed by atoms with Gasteiger partial charge in [0.1, 0.15) is 4.90 Å². The minimum atomic E-state index is -4.68. The Bertz CT molecular complexity index is 880.